The van der Waals surface area contributed by atoms with Crippen molar-refractivity contribution in [1.29, 1.82) is 0 Å². The molecule has 2 heterocycles. The molecule has 2 aromatic heterocycles. The minimum absolute atomic E-state index is 0.0419. The Balaban J connectivity index is 1.43. The average molecular weight is 505 g/mol. The molecule has 10 heteroatoms. The fraction of sp³-hybridized carbons (Fsp3) is 0.0952. The van der Waals surface area contributed by atoms with Crippen LogP contribution in [0.15, 0.2) is 71.5 Å². The second-order valence-corrected chi connectivity index (χ2v) is 7.80. The molecule has 0 unspecified atom stereocenters. The predicted molar refractivity (Wildman–Crippen MR) is 118 cm³/mol. The van der Waals surface area contributed by atoms with Crippen LogP contribution < -0.4 is 10.1 Å². The molecule has 1 N–H and O–H groups in total. The molecular formula is C21H16BrClFN5O2. The van der Waals surface area contributed by atoms with Crippen LogP contribution in [0.4, 0.5) is 10.2 Å². The number of aromatic nitrogens is 4. The van der Waals surface area contributed by atoms with Crippen molar-refractivity contribution in [2.45, 2.75) is 13.3 Å². The van der Waals surface area contributed by atoms with Gasteiger partial charge in [-0.2, -0.15) is 10.2 Å². The Morgan fingerprint density at radius 2 is 1.94 bits per heavy atom. The zero-order valence-electron chi connectivity index (χ0n) is 16.0. The highest BCUT2D eigenvalue weighted by Crippen LogP contribution is 2.22. The molecule has 0 aliphatic heterocycles. The van der Waals surface area contributed by atoms with E-state index in [1.165, 1.54) is 16.9 Å². The Bertz CT molecular complexity index is 1210. The van der Waals surface area contributed by atoms with Gasteiger partial charge in [0.2, 0.25) is 0 Å². The number of carbonyl (C=O) groups excluding carboxylic acids is 1. The van der Waals surface area contributed by atoms with E-state index in [9.17, 15) is 9.18 Å². The first-order valence-corrected chi connectivity index (χ1v) is 10.3. The molecule has 4 aromatic rings. The number of rotatable bonds is 7. The maximum absolute atomic E-state index is 13.9. The maximum Gasteiger partial charge on any atom is 0.275 e. The minimum atomic E-state index is -0.408. The monoisotopic (exact) mass is 503 g/mol. The Labute approximate surface area is 190 Å². The number of carbonyl (C=O) groups is 1. The van der Waals surface area contributed by atoms with Gasteiger partial charge in [-0.15, -0.1) is 0 Å². The lowest BCUT2D eigenvalue weighted by Crippen LogP contribution is -2.20. The number of nitrogens with one attached hydrogen (secondary N) is 1. The topological polar surface area (TPSA) is 74.0 Å². The lowest BCUT2D eigenvalue weighted by atomic mass is 10.2. The first kappa shape index (κ1) is 21.1. The van der Waals surface area contributed by atoms with Crippen molar-refractivity contribution in [3.8, 4) is 5.75 Å². The normalized spacial score (nSPS) is 10.8. The number of nitrogens with zero attached hydrogens (tertiary/aromatic N) is 4. The molecule has 0 fully saturated rings. The van der Waals surface area contributed by atoms with E-state index in [2.05, 4.69) is 31.4 Å². The van der Waals surface area contributed by atoms with Crippen LogP contribution in [0, 0.1) is 5.82 Å². The van der Waals surface area contributed by atoms with Gasteiger partial charge in [0.05, 0.1) is 11.0 Å². The number of amides is 1. The molecular weight excluding hydrogens is 489 g/mol. The highest BCUT2D eigenvalue weighted by Gasteiger charge is 2.17. The number of ether oxygens (including phenoxy) is 1. The van der Waals surface area contributed by atoms with Crippen LogP contribution in [0.5, 0.6) is 5.75 Å². The third-order valence-electron chi connectivity index (χ3n) is 4.36. The van der Waals surface area contributed by atoms with Crippen molar-refractivity contribution in [1.82, 2.24) is 19.6 Å². The van der Waals surface area contributed by atoms with Crippen LogP contribution in [0.2, 0.25) is 5.02 Å². The molecule has 1 amide bonds. The van der Waals surface area contributed by atoms with Crippen molar-refractivity contribution < 1.29 is 13.9 Å². The van der Waals surface area contributed by atoms with Crippen molar-refractivity contribution in [3.63, 3.8) is 0 Å². The number of hydrogen-bond acceptors (Lipinski definition) is 4. The largest absolute Gasteiger partial charge is 0.471 e. The third-order valence-corrected chi connectivity index (χ3v) is 5.19. The number of hydrogen-bond donors (Lipinski definition) is 1. The van der Waals surface area contributed by atoms with E-state index in [-0.39, 0.29) is 19.1 Å². The van der Waals surface area contributed by atoms with Crippen LogP contribution in [-0.4, -0.2) is 25.5 Å². The van der Waals surface area contributed by atoms with Crippen molar-refractivity contribution in [3.05, 3.63) is 93.6 Å². The van der Waals surface area contributed by atoms with E-state index < -0.39 is 5.91 Å². The summed E-state index contributed by atoms with van der Waals surface area (Å²) in [4.78, 5) is 12.8. The van der Waals surface area contributed by atoms with Gasteiger partial charge in [0.15, 0.2) is 12.5 Å². The quantitative estimate of drug-likeness (QED) is 0.386. The first-order chi connectivity index (χ1) is 15.0. The fourth-order valence-electron chi connectivity index (χ4n) is 2.83. The SMILES string of the molecule is O=C(Nc1nn(Cc2ccccc2F)cc1Br)c1ccnn1COc1ccc(Cl)cc1. The standard InChI is InChI=1S/C21H16BrClFN5O2/c22-17-12-28(11-14-3-1-2-4-18(14)24)27-20(17)26-21(30)19-9-10-25-29(19)13-31-16-7-5-15(23)6-8-16/h1-10,12H,11,13H2,(H,26,27,30). The number of benzene rings is 2. The van der Waals surface area contributed by atoms with Crippen molar-refractivity contribution >= 4 is 39.3 Å². The molecule has 158 valence electrons. The summed E-state index contributed by atoms with van der Waals surface area (Å²) in [6, 6.07) is 14.9. The summed E-state index contributed by atoms with van der Waals surface area (Å²) in [5.41, 5.74) is 0.789. The van der Waals surface area contributed by atoms with Crippen molar-refractivity contribution in [2.75, 3.05) is 5.32 Å². The summed E-state index contributed by atoms with van der Waals surface area (Å²) in [7, 11) is 0. The molecule has 31 heavy (non-hydrogen) atoms. The summed E-state index contributed by atoms with van der Waals surface area (Å²) in [5, 5.41) is 11.8. The van der Waals surface area contributed by atoms with Gasteiger partial charge >= 0.3 is 0 Å². The minimum Gasteiger partial charge on any atom is -0.471 e. The van der Waals surface area contributed by atoms with Crippen LogP contribution in [0.1, 0.15) is 16.1 Å². The summed E-state index contributed by atoms with van der Waals surface area (Å²) in [6.45, 7) is 0.272. The molecule has 7 nitrogen and oxygen atoms in total. The van der Waals surface area contributed by atoms with Gasteiger partial charge in [0, 0.05) is 23.0 Å². The number of anilines is 1. The Hall–Kier alpha value is -3.17. The molecule has 0 aliphatic rings. The summed E-state index contributed by atoms with van der Waals surface area (Å²) in [5.74, 6) is 0.187. The summed E-state index contributed by atoms with van der Waals surface area (Å²) in [6.07, 6.45) is 3.18. The van der Waals surface area contributed by atoms with E-state index in [0.717, 1.165) is 0 Å². The van der Waals surface area contributed by atoms with Gasteiger partial charge in [-0.05, 0) is 52.3 Å². The molecule has 0 bridgehead atoms. The van der Waals surface area contributed by atoms with Gasteiger partial charge < -0.3 is 10.1 Å². The van der Waals surface area contributed by atoms with Crippen LogP contribution in [-0.2, 0) is 13.3 Å². The van der Waals surface area contributed by atoms with Gasteiger partial charge in [-0.3, -0.25) is 9.48 Å². The van der Waals surface area contributed by atoms with Crippen LogP contribution in [0.3, 0.4) is 0 Å². The summed E-state index contributed by atoms with van der Waals surface area (Å²) < 4.78 is 23.1. The summed E-state index contributed by atoms with van der Waals surface area (Å²) >= 11 is 9.24. The lowest BCUT2D eigenvalue weighted by molar-refractivity contribution is 0.100. The highest BCUT2D eigenvalue weighted by atomic mass is 79.9. The average Bonchev–Trinajstić information content (AvgIpc) is 3.36. The molecule has 4 rings (SSSR count). The zero-order chi connectivity index (χ0) is 21.8. The Morgan fingerprint density at radius 1 is 1.16 bits per heavy atom. The van der Waals surface area contributed by atoms with E-state index in [1.807, 2.05) is 0 Å². The smallest absolute Gasteiger partial charge is 0.275 e. The molecule has 0 radical (unpaired) electrons. The number of halogens is 3. The third kappa shape index (κ3) is 5.12. The van der Waals surface area contributed by atoms with Crippen LogP contribution in [0.25, 0.3) is 0 Å². The van der Waals surface area contributed by atoms with Gasteiger partial charge in [-0.25, -0.2) is 9.07 Å². The second kappa shape index (κ2) is 9.32. The van der Waals surface area contributed by atoms with E-state index in [4.69, 9.17) is 16.3 Å². The first-order valence-electron chi connectivity index (χ1n) is 9.17. The molecule has 0 saturated carbocycles. The molecule has 2 aromatic carbocycles. The van der Waals surface area contributed by atoms with Crippen LogP contribution >= 0.6 is 27.5 Å². The van der Waals surface area contributed by atoms with E-state index in [0.29, 0.717) is 32.3 Å². The molecule has 0 aliphatic carbocycles. The lowest BCUT2D eigenvalue weighted by Gasteiger charge is -2.09. The maximum atomic E-state index is 13.9. The van der Waals surface area contributed by atoms with Crippen molar-refractivity contribution in [2.24, 2.45) is 0 Å². The molecule has 0 saturated heterocycles. The zero-order valence-corrected chi connectivity index (χ0v) is 18.3. The van der Waals surface area contributed by atoms with E-state index in [1.54, 1.807) is 59.4 Å². The molecule has 0 spiro atoms. The van der Waals surface area contributed by atoms with Gasteiger partial charge in [0.1, 0.15) is 17.3 Å². The Morgan fingerprint density at radius 3 is 2.71 bits per heavy atom. The Kier molecular flexibility index (Phi) is 6.34. The second-order valence-electron chi connectivity index (χ2n) is 6.51. The van der Waals surface area contributed by atoms with E-state index >= 15 is 0 Å². The highest BCUT2D eigenvalue weighted by molar-refractivity contribution is 9.10. The predicted octanol–water partition coefficient (Wildman–Crippen LogP) is 4.97. The fourth-order valence-corrected chi connectivity index (χ4v) is 3.37. The van der Waals surface area contributed by atoms with Gasteiger partial charge in [-0.1, -0.05) is 29.8 Å². The van der Waals surface area contributed by atoms with Gasteiger partial charge in [0.25, 0.3) is 5.91 Å². The molecule has 0 atom stereocenters.